The summed E-state index contributed by atoms with van der Waals surface area (Å²) in [7, 11) is 1.72. The fraction of sp³-hybridized carbons (Fsp3) is 1.00. The van der Waals surface area contributed by atoms with Crippen LogP contribution in [-0.2, 0) is 4.74 Å². The van der Waals surface area contributed by atoms with E-state index in [1.54, 1.807) is 7.11 Å². The smallest absolute Gasteiger partial charge is 0.0779 e. The van der Waals surface area contributed by atoms with Gasteiger partial charge in [-0.2, -0.15) is 0 Å². The first-order valence-electron chi connectivity index (χ1n) is 10.2. The summed E-state index contributed by atoms with van der Waals surface area (Å²) in [5.41, 5.74) is -2.03. The number of aliphatic hydroxyl groups is 3. The summed E-state index contributed by atoms with van der Waals surface area (Å²) in [6, 6.07) is 0. The van der Waals surface area contributed by atoms with Gasteiger partial charge in [0.05, 0.1) is 23.9 Å². The highest BCUT2D eigenvalue weighted by atomic mass is 16.5. The van der Waals surface area contributed by atoms with Crippen molar-refractivity contribution in [2.75, 3.05) is 33.4 Å². The maximum atomic E-state index is 11.8. The Bertz CT molecular complexity index is 461. The molecule has 5 nitrogen and oxygen atoms in total. The second-order valence-electron chi connectivity index (χ2n) is 8.96. The van der Waals surface area contributed by atoms with Crippen molar-refractivity contribution in [1.82, 2.24) is 4.90 Å². The lowest BCUT2D eigenvalue weighted by molar-refractivity contribution is -0.220. The van der Waals surface area contributed by atoms with Gasteiger partial charge in [-0.15, -0.1) is 0 Å². The van der Waals surface area contributed by atoms with Crippen LogP contribution in [0, 0.1) is 11.3 Å². The van der Waals surface area contributed by atoms with Crippen molar-refractivity contribution < 1.29 is 20.1 Å². The van der Waals surface area contributed by atoms with Gasteiger partial charge in [-0.3, -0.25) is 0 Å². The summed E-state index contributed by atoms with van der Waals surface area (Å²) in [5, 5.41) is 33.1. The number of hydrogen-bond donors (Lipinski definition) is 3. The van der Waals surface area contributed by atoms with Crippen molar-refractivity contribution in [1.29, 1.82) is 0 Å². The molecule has 0 aromatic heterocycles. The molecule has 3 N–H and O–H groups in total. The normalized spacial score (nSPS) is 45.5. The van der Waals surface area contributed by atoms with E-state index in [2.05, 4.69) is 11.8 Å². The Balaban J connectivity index is 1.75. The fourth-order valence-electron chi connectivity index (χ4n) is 5.95. The van der Waals surface area contributed by atoms with Crippen molar-refractivity contribution in [3.05, 3.63) is 0 Å². The van der Waals surface area contributed by atoms with E-state index in [4.69, 9.17) is 4.74 Å². The fourth-order valence-corrected chi connectivity index (χ4v) is 5.95. The summed E-state index contributed by atoms with van der Waals surface area (Å²) in [4.78, 5) is 2.38. The lowest BCUT2D eigenvalue weighted by atomic mass is 9.54. The standard InChI is InChI=1S/C20H37NO4/c1-3-21-13-16-6-4-8-18(14-21,15-22)20(16,24)11-10-19(23)9-5-7-17(12-19)25-2/h16-17,22-24H,3-15H2,1-2H3/t16-,17-,18+,19-,20?/m1/s1. The molecule has 1 saturated heterocycles. The van der Waals surface area contributed by atoms with E-state index in [-0.39, 0.29) is 18.6 Å². The number of piperidine rings is 1. The van der Waals surface area contributed by atoms with Gasteiger partial charge in [0.1, 0.15) is 0 Å². The number of nitrogens with zero attached hydrogens (tertiary/aromatic N) is 1. The lowest BCUT2D eigenvalue weighted by Gasteiger charge is -2.60. The Morgan fingerprint density at radius 2 is 1.88 bits per heavy atom. The van der Waals surface area contributed by atoms with Gasteiger partial charge >= 0.3 is 0 Å². The minimum Gasteiger partial charge on any atom is -0.396 e. The molecule has 2 bridgehead atoms. The van der Waals surface area contributed by atoms with Gasteiger partial charge in [-0.1, -0.05) is 13.3 Å². The number of rotatable bonds is 6. The van der Waals surface area contributed by atoms with E-state index in [0.29, 0.717) is 19.3 Å². The van der Waals surface area contributed by atoms with E-state index in [9.17, 15) is 15.3 Å². The van der Waals surface area contributed by atoms with Crippen molar-refractivity contribution >= 4 is 0 Å². The SMILES string of the molecule is CCN1C[C@H]2CCC[C@@](CO)(C1)C2(O)CC[C@]1(O)CCC[C@@H](OC)C1. The lowest BCUT2D eigenvalue weighted by Crippen LogP contribution is -2.68. The van der Waals surface area contributed by atoms with Gasteiger partial charge in [0.15, 0.2) is 0 Å². The van der Waals surface area contributed by atoms with Gasteiger partial charge in [0.25, 0.3) is 0 Å². The molecule has 0 radical (unpaired) electrons. The zero-order valence-corrected chi connectivity index (χ0v) is 16.0. The molecule has 0 amide bonds. The summed E-state index contributed by atoms with van der Waals surface area (Å²) >= 11 is 0. The second kappa shape index (κ2) is 7.43. The van der Waals surface area contributed by atoms with E-state index in [0.717, 1.165) is 58.2 Å². The number of methoxy groups -OCH3 is 1. The topological polar surface area (TPSA) is 73.2 Å². The van der Waals surface area contributed by atoms with Gasteiger partial charge in [0.2, 0.25) is 0 Å². The zero-order chi connectivity index (χ0) is 18.1. The minimum absolute atomic E-state index is 0.0373. The molecule has 1 aliphatic heterocycles. The molecule has 5 heteroatoms. The highest BCUT2D eigenvalue weighted by Crippen LogP contribution is 2.54. The van der Waals surface area contributed by atoms with Gasteiger partial charge in [0, 0.05) is 38.0 Å². The predicted octanol–water partition coefficient (Wildman–Crippen LogP) is 1.93. The van der Waals surface area contributed by atoms with Crippen molar-refractivity contribution in [3.8, 4) is 0 Å². The molecule has 3 fully saturated rings. The molecular weight excluding hydrogens is 318 g/mol. The highest BCUT2D eigenvalue weighted by Gasteiger charge is 2.59. The highest BCUT2D eigenvalue weighted by molar-refractivity contribution is 5.11. The average molecular weight is 356 g/mol. The maximum absolute atomic E-state index is 11.8. The number of likely N-dealkylation sites (tertiary alicyclic amines) is 1. The Hall–Kier alpha value is -0.200. The summed E-state index contributed by atoms with van der Waals surface area (Å²) in [6.45, 7) is 4.84. The quantitative estimate of drug-likeness (QED) is 0.679. The Morgan fingerprint density at radius 1 is 1.12 bits per heavy atom. The van der Waals surface area contributed by atoms with Gasteiger partial charge in [-0.25, -0.2) is 0 Å². The van der Waals surface area contributed by atoms with Crippen LogP contribution < -0.4 is 0 Å². The third-order valence-electron chi connectivity index (χ3n) is 7.64. The Morgan fingerprint density at radius 3 is 2.56 bits per heavy atom. The van der Waals surface area contributed by atoms with Crippen molar-refractivity contribution in [3.63, 3.8) is 0 Å². The molecule has 1 unspecified atom stereocenters. The minimum atomic E-state index is -0.860. The molecule has 5 atom stereocenters. The number of fused-ring (bicyclic) bond motifs is 2. The first-order valence-corrected chi connectivity index (χ1v) is 10.2. The average Bonchev–Trinajstić information content (AvgIpc) is 2.60. The first-order chi connectivity index (χ1) is 11.9. The van der Waals surface area contributed by atoms with Crippen molar-refractivity contribution in [2.24, 2.45) is 11.3 Å². The van der Waals surface area contributed by atoms with Crippen LogP contribution in [0.5, 0.6) is 0 Å². The zero-order valence-electron chi connectivity index (χ0n) is 16.0. The van der Waals surface area contributed by atoms with Crippen LogP contribution in [-0.4, -0.2) is 70.9 Å². The van der Waals surface area contributed by atoms with Crippen LogP contribution in [0.4, 0.5) is 0 Å². The molecular formula is C20H37NO4. The van der Waals surface area contributed by atoms with Gasteiger partial charge < -0.3 is 25.0 Å². The molecule has 2 saturated carbocycles. The van der Waals surface area contributed by atoms with Crippen LogP contribution in [0.1, 0.15) is 64.7 Å². The third-order valence-corrected chi connectivity index (χ3v) is 7.64. The molecule has 3 aliphatic rings. The summed E-state index contributed by atoms with van der Waals surface area (Å²) in [6.07, 6.45) is 7.75. The van der Waals surface area contributed by atoms with Crippen LogP contribution in [0.25, 0.3) is 0 Å². The first kappa shape index (κ1) is 19.6. The maximum Gasteiger partial charge on any atom is 0.0779 e. The molecule has 1 heterocycles. The summed E-state index contributed by atoms with van der Waals surface area (Å²) in [5.74, 6) is 0.201. The molecule has 0 aromatic rings. The molecule has 3 rings (SSSR count). The van der Waals surface area contributed by atoms with Gasteiger partial charge in [-0.05, 0) is 51.5 Å². The summed E-state index contributed by atoms with van der Waals surface area (Å²) < 4.78 is 5.48. The van der Waals surface area contributed by atoms with E-state index in [1.165, 1.54) is 0 Å². The second-order valence-corrected chi connectivity index (χ2v) is 8.96. The van der Waals surface area contributed by atoms with Crippen LogP contribution in [0.3, 0.4) is 0 Å². The van der Waals surface area contributed by atoms with E-state index < -0.39 is 16.6 Å². The van der Waals surface area contributed by atoms with Crippen molar-refractivity contribution in [2.45, 2.75) is 82.0 Å². The molecule has 2 aliphatic carbocycles. The third kappa shape index (κ3) is 3.51. The largest absolute Gasteiger partial charge is 0.396 e. The molecule has 25 heavy (non-hydrogen) atoms. The van der Waals surface area contributed by atoms with E-state index in [1.807, 2.05) is 0 Å². The predicted molar refractivity (Wildman–Crippen MR) is 97.4 cm³/mol. The number of aliphatic hydroxyl groups excluding tert-OH is 1. The molecule has 0 spiro atoms. The number of hydrogen-bond acceptors (Lipinski definition) is 5. The molecule has 146 valence electrons. The van der Waals surface area contributed by atoms with E-state index >= 15 is 0 Å². The van der Waals surface area contributed by atoms with Crippen LogP contribution in [0.2, 0.25) is 0 Å². The molecule has 0 aromatic carbocycles. The number of ether oxygens (including phenoxy) is 1. The van der Waals surface area contributed by atoms with Crippen LogP contribution in [0.15, 0.2) is 0 Å². The Labute approximate surface area is 152 Å². The Kier molecular flexibility index (Phi) is 5.81. The monoisotopic (exact) mass is 355 g/mol. The van der Waals surface area contributed by atoms with Crippen LogP contribution >= 0.6 is 0 Å².